The van der Waals surface area contributed by atoms with Crippen LogP contribution in [0.4, 0.5) is 0 Å². The van der Waals surface area contributed by atoms with E-state index in [9.17, 15) is 0 Å². The Morgan fingerprint density at radius 2 is 1.23 bits per heavy atom. The highest BCUT2D eigenvalue weighted by Crippen LogP contribution is 1.88. The molecule has 2 aromatic heterocycles. The molecule has 0 unspecified atom stereocenters. The van der Waals surface area contributed by atoms with Gasteiger partial charge in [-0.1, -0.05) is 0 Å². The van der Waals surface area contributed by atoms with Crippen molar-refractivity contribution >= 4 is 24.4 Å². The molecule has 3 heterocycles. The number of hydrogen-bond donors (Lipinski definition) is 2. The van der Waals surface area contributed by atoms with Crippen LogP contribution < -0.4 is 9.80 Å². The second-order valence-corrected chi connectivity index (χ2v) is 6.59. The molecule has 0 bridgehead atoms. The molecular formula is C12H22N8S2+2. The molecule has 2 N–H and O–H groups in total. The summed E-state index contributed by atoms with van der Waals surface area (Å²) >= 11 is 10.7. The molecule has 0 saturated carbocycles. The summed E-state index contributed by atoms with van der Waals surface area (Å²) in [5.41, 5.74) is 0. The molecule has 1 aliphatic rings. The van der Waals surface area contributed by atoms with Gasteiger partial charge in [-0.15, -0.1) is 0 Å². The van der Waals surface area contributed by atoms with Crippen LogP contribution >= 0.6 is 24.4 Å². The van der Waals surface area contributed by atoms with Crippen molar-refractivity contribution in [1.29, 1.82) is 0 Å². The van der Waals surface area contributed by atoms with Crippen LogP contribution in [-0.4, -0.2) is 54.9 Å². The number of piperazine rings is 1. The zero-order valence-corrected chi connectivity index (χ0v) is 14.5. The van der Waals surface area contributed by atoms with Crippen LogP contribution in [0.25, 0.3) is 0 Å². The van der Waals surface area contributed by atoms with E-state index in [4.69, 9.17) is 24.4 Å². The Morgan fingerprint density at radius 3 is 1.50 bits per heavy atom. The van der Waals surface area contributed by atoms with Crippen LogP contribution in [0, 0.1) is 9.54 Å². The number of nitrogens with one attached hydrogen (secondary N) is 2. The smallest absolute Gasteiger partial charge is 0.202 e. The van der Waals surface area contributed by atoms with Crippen molar-refractivity contribution in [2.24, 2.45) is 14.1 Å². The summed E-state index contributed by atoms with van der Waals surface area (Å²) in [6.07, 6.45) is 3.54. The van der Waals surface area contributed by atoms with E-state index in [1.165, 1.54) is 9.80 Å². The minimum Gasteiger partial charge on any atom is -0.310 e. The summed E-state index contributed by atoms with van der Waals surface area (Å²) < 4.78 is 9.12. The Balaban J connectivity index is 1.54. The molecule has 3 rings (SSSR count). The van der Waals surface area contributed by atoms with Gasteiger partial charge in [-0.3, -0.25) is 0 Å². The lowest BCUT2D eigenvalue weighted by Gasteiger charge is -2.29. The Kier molecular flexibility index (Phi) is 4.52. The van der Waals surface area contributed by atoms with E-state index in [-0.39, 0.29) is 0 Å². The first-order chi connectivity index (χ1) is 10.5. The summed E-state index contributed by atoms with van der Waals surface area (Å²) in [5, 5.41) is 8.66. The van der Waals surface area contributed by atoms with Gasteiger partial charge in [-0.2, -0.15) is 19.6 Å². The normalized spacial score (nSPS) is 22.1. The van der Waals surface area contributed by atoms with Crippen molar-refractivity contribution in [3.8, 4) is 0 Å². The lowest BCUT2D eigenvalue weighted by Crippen LogP contribution is -3.27. The molecule has 8 nitrogen and oxygen atoms in total. The highest BCUT2D eigenvalue weighted by molar-refractivity contribution is 7.71. The largest absolute Gasteiger partial charge is 0.310 e. The van der Waals surface area contributed by atoms with Gasteiger partial charge in [0.15, 0.2) is 13.3 Å². The highest BCUT2D eigenvalue weighted by atomic mass is 32.1. The van der Waals surface area contributed by atoms with Gasteiger partial charge in [0.2, 0.25) is 9.54 Å². The van der Waals surface area contributed by atoms with Crippen molar-refractivity contribution in [1.82, 2.24) is 28.7 Å². The average molecular weight is 342 g/mol. The van der Waals surface area contributed by atoms with Crippen molar-refractivity contribution in [2.75, 3.05) is 26.2 Å². The fourth-order valence-corrected chi connectivity index (χ4v) is 3.07. The molecule has 0 aromatic carbocycles. The van der Waals surface area contributed by atoms with Crippen molar-refractivity contribution in [2.45, 2.75) is 13.3 Å². The lowest BCUT2D eigenvalue weighted by molar-refractivity contribution is -1.03. The number of quaternary nitrogens is 2. The number of nitrogens with zero attached hydrogens (tertiary/aromatic N) is 6. The van der Waals surface area contributed by atoms with Crippen molar-refractivity contribution in [3.63, 3.8) is 0 Å². The van der Waals surface area contributed by atoms with Crippen molar-refractivity contribution < 1.29 is 9.80 Å². The molecule has 120 valence electrons. The zero-order chi connectivity index (χ0) is 15.7. The fraction of sp³-hybridized carbons (Fsp3) is 0.667. The Labute approximate surface area is 139 Å². The topological polar surface area (TPSA) is 54.4 Å². The van der Waals surface area contributed by atoms with E-state index >= 15 is 0 Å². The molecule has 1 fully saturated rings. The van der Waals surface area contributed by atoms with Crippen LogP contribution in [0.5, 0.6) is 0 Å². The zero-order valence-electron chi connectivity index (χ0n) is 12.9. The van der Waals surface area contributed by atoms with Crippen LogP contribution in [0.2, 0.25) is 0 Å². The van der Waals surface area contributed by atoms with Crippen LogP contribution in [-0.2, 0) is 27.4 Å². The molecule has 1 saturated heterocycles. The Bertz CT molecular complexity index is 682. The number of aromatic nitrogens is 6. The van der Waals surface area contributed by atoms with E-state index in [0.717, 1.165) is 49.1 Å². The Morgan fingerprint density at radius 1 is 0.864 bits per heavy atom. The third kappa shape index (κ3) is 3.19. The van der Waals surface area contributed by atoms with Gasteiger partial charge in [-0.25, -0.2) is 0 Å². The molecule has 0 spiro atoms. The first-order valence-corrected chi connectivity index (χ1v) is 8.20. The maximum absolute atomic E-state index is 5.34. The maximum atomic E-state index is 5.34. The van der Waals surface area contributed by atoms with Crippen LogP contribution in [0.1, 0.15) is 0 Å². The van der Waals surface area contributed by atoms with E-state index in [0.29, 0.717) is 0 Å². The maximum Gasteiger partial charge on any atom is 0.202 e. The monoisotopic (exact) mass is 342 g/mol. The summed E-state index contributed by atoms with van der Waals surface area (Å²) in [7, 11) is 3.86. The molecular weight excluding hydrogens is 320 g/mol. The summed E-state index contributed by atoms with van der Waals surface area (Å²) in [5.74, 6) is 0. The van der Waals surface area contributed by atoms with E-state index in [1.54, 1.807) is 12.7 Å². The first kappa shape index (κ1) is 15.5. The van der Waals surface area contributed by atoms with Gasteiger partial charge in [0, 0.05) is 14.1 Å². The third-order valence-corrected chi connectivity index (χ3v) is 5.18. The minimum absolute atomic E-state index is 0.780. The van der Waals surface area contributed by atoms with E-state index in [2.05, 4.69) is 10.2 Å². The van der Waals surface area contributed by atoms with Gasteiger partial charge in [0.25, 0.3) is 0 Å². The quantitative estimate of drug-likeness (QED) is 0.609. The number of rotatable bonds is 4. The molecule has 0 radical (unpaired) electrons. The standard InChI is InChI=1S/C12H20N8S2/c1-15-7-13-19(11(15)21)9-17-3-5-18(6-4-17)10-20-12(22)16(2)8-14-20/h7-8H,3-6,9-10H2,1-2H3/p+2. The first-order valence-electron chi connectivity index (χ1n) is 7.38. The summed E-state index contributed by atoms with van der Waals surface area (Å²) in [6.45, 7) is 6.11. The highest BCUT2D eigenvalue weighted by Gasteiger charge is 2.24. The second-order valence-electron chi connectivity index (χ2n) is 5.86. The molecule has 0 atom stereocenters. The van der Waals surface area contributed by atoms with Gasteiger partial charge in [0.05, 0.1) is 0 Å². The minimum atomic E-state index is 0.780. The van der Waals surface area contributed by atoms with E-state index < -0.39 is 0 Å². The summed E-state index contributed by atoms with van der Waals surface area (Å²) in [4.78, 5) is 3.03. The van der Waals surface area contributed by atoms with Gasteiger partial charge in [0.1, 0.15) is 38.8 Å². The Hall–Kier alpha value is -1.36. The average Bonchev–Trinajstić information content (AvgIpc) is 3.00. The second kappa shape index (κ2) is 6.41. The van der Waals surface area contributed by atoms with Crippen LogP contribution in [0.15, 0.2) is 12.7 Å². The van der Waals surface area contributed by atoms with E-state index in [1.807, 2.05) is 32.6 Å². The molecule has 10 heteroatoms. The third-order valence-electron chi connectivity index (χ3n) is 4.18. The fourth-order valence-electron chi connectivity index (χ4n) is 2.76. The predicted octanol–water partition coefficient (Wildman–Crippen LogP) is -2.39. The molecule has 1 aliphatic heterocycles. The molecule has 0 aliphatic carbocycles. The van der Waals surface area contributed by atoms with Gasteiger partial charge >= 0.3 is 0 Å². The lowest BCUT2D eigenvalue weighted by atomic mass is 10.3. The van der Waals surface area contributed by atoms with Gasteiger partial charge < -0.3 is 18.9 Å². The number of hydrogen-bond acceptors (Lipinski definition) is 4. The summed E-state index contributed by atoms with van der Waals surface area (Å²) in [6, 6.07) is 0. The molecule has 0 amide bonds. The SMILES string of the molecule is Cn1cnn(C[NH+]2CC[NH+](Cn3ncn(C)c3=S)CC2)c1=S. The molecule has 2 aromatic rings. The van der Waals surface area contributed by atoms with Crippen LogP contribution in [0.3, 0.4) is 0 Å². The molecule has 22 heavy (non-hydrogen) atoms. The predicted molar refractivity (Wildman–Crippen MR) is 85.5 cm³/mol. The van der Waals surface area contributed by atoms with Crippen molar-refractivity contribution in [3.05, 3.63) is 22.2 Å². The number of aryl methyl sites for hydroxylation is 2. The van der Waals surface area contributed by atoms with Gasteiger partial charge in [-0.05, 0) is 24.4 Å².